The molecule has 3 N–H and O–H groups in total. The van der Waals surface area contributed by atoms with Crippen molar-refractivity contribution in [1.29, 1.82) is 0 Å². The van der Waals surface area contributed by atoms with Crippen LogP contribution in [0.4, 0.5) is 0 Å². The summed E-state index contributed by atoms with van der Waals surface area (Å²) in [5.74, 6) is -0.514. The standard InChI is InChI=1S/C7H4O6/c8-2-1-5(3-9)6(4-10)7(11,12)13/h1,11-13H. The van der Waals surface area contributed by atoms with E-state index in [2.05, 4.69) is 0 Å². The summed E-state index contributed by atoms with van der Waals surface area (Å²) in [4.78, 5) is 29.8. The van der Waals surface area contributed by atoms with Crippen LogP contribution >= 0.6 is 0 Å². The molecule has 0 aliphatic heterocycles. The van der Waals surface area contributed by atoms with Crippen molar-refractivity contribution < 1.29 is 29.7 Å². The van der Waals surface area contributed by atoms with E-state index in [0.717, 1.165) is 17.8 Å². The molecule has 0 fully saturated rings. The average molecular weight is 184 g/mol. The molecular weight excluding hydrogens is 180 g/mol. The van der Waals surface area contributed by atoms with Crippen molar-refractivity contribution >= 4 is 17.8 Å². The molecule has 0 radical (unpaired) electrons. The molecule has 0 aromatic rings. The fraction of sp³-hybridized carbons (Fsp3) is 0.143. The molecule has 0 aromatic carbocycles. The van der Waals surface area contributed by atoms with E-state index < -0.39 is 17.1 Å². The summed E-state index contributed by atoms with van der Waals surface area (Å²) in [7, 11) is 0. The lowest BCUT2D eigenvalue weighted by atomic mass is 10.1. The predicted octanol–water partition coefficient (Wildman–Crippen LogP) is -2.48. The van der Waals surface area contributed by atoms with Crippen LogP contribution in [0.25, 0.3) is 0 Å². The van der Waals surface area contributed by atoms with E-state index in [-0.39, 0.29) is 0 Å². The normalized spacial score (nSPS) is 9.15. The van der Waals surface area contributed by atoms with E-state index in [1.54, 1.807) is 0 Å². The molecule has 0 aromatic heterocycles. The van der Waals surface area contributed by atoms with Gasteiger partial charge in [-0.15, -0.1) is 0 Å². The molecule has 0 bridgehead atoms. The zero-order chi connectivity index (χ0) is 10.5. The predicted molar refractivity (Wildman–Crippen MR) is 38.1 cm³/mol. The maximum Gasteiger partial charge on any atom is 0.316 e. The Bertz CT molecular complexity index is 342. The van der Waals surface area contributed by atoms with Crippen LogP contribution in [-0.4, -0.2) is 39.1 Å². The van der Waals surface area contributed by atoms with Crippen LogP contribution in [-0.2, 0) is 14.4 Å². The Kier molecular flexibility index (Phi) is 3.72. The summed E-state index contributed by atoms with van der Waals surface area (Å²) >= 11 is 0. The highest BCUT2D eigenvalue weighted by Crippen LogP contribution is 2.14. The summed E-state index contributed by atoms with van der Waals surface area (Å²) < 4.78 is 0. The van der Waals surface area contributed by atoms with Crippen LogP contribution < -0.4 is 0 Å². The van der Waals surface area contributed by atoms with Crippen molar-refractivity contribution in [2.45, 2.75) is 5.97 Å². The lowest BCUT2D eigenvalue weighted by Gasteiger charge is -2.12. The monoisotopic (exact) mass is 184 g/mol. The number of carbonyl (C=O) groups excluding carboxylic acids is 3. The van der Waals surface area contributed by atoms with Gasteiger partial charge >= 0.3 is 5.97 Å². The molecule has 0 saturated carbocycles. The molecule has 0 unspecified atom stereocenters. The highest BCUT2D eigenvalue weighted by Gasteiger charge is 2.30. The maximum absolute atomic E-state index is 10.0. The Hall–Kier alpha value is -1.77. The number of rotatable bonds is 3. The number of hydrogen-bond acceptors (Lipinski definition) is 6. The van der Waals surface area contributed by atoms with E-state index in [1.165, 1.54) is 0 Å². The summed E-state index contributed by atoms with van der Waals surface area (Å²) in [5, 5.41) is 25.4. The minimum Gasteiger partial charge on any atom is -0.339 e. The minimum absolute atomic E-state index is 0.407. The smallest absolute Gasteiger partial charge is 0.316 e. The Labute approximate surface area is 71.7 Å². The van der Waals surface area contributed by atoms with Gasteiger partial charge in [-0.1, -0.05) is 0 Å². The molecule has 0 heterocycles. The Balaban J connectivity index is 5.38. The van der Waals surface area contributed by atoms with Gasteiger partial charge in [0.1, 0.15) is 23.4 Å². The Morgan fingerprint density at radius 3 is 1.85 bits per heavy atom. The lowest BCUT2D eigenvalue weighted by molar-refractivity contribution is -0.279. The van der Waals surface area contributed by atoms with Gasteiger partial charge in [0.15, 0.2) is 0 Å². The summed E-state index contributed by atoms with van der Waals surface area (Å²) in [6.07, 6.45) is 0.407. The van der Waals surface area contributed by atoms with E-state index in [0.29, 0.717) is 6.08 Å². The van der Waals surface area contributed by atoms with Gasteiger partial charge in [0, 0.05) is 6.08 Å². The summed E-state index contributed by atoms with van der Waals surface area (Å²) in [5.41, 5.74) is -2.04. The fourth-order valence-electron chi connectivity index (χ4n) is 0.516. The number of hydrogen-bond donors (Lipinski definition) is 3. The average Bonchev–Trinajstić information content (AvgIpc) is 2.01. The Morgan fingerprint density at radius 1 is 1.08 bits per heavy atom. The van der Waals surface area contributed by atoms with Crippen LogP contribution in [0.1, 0.15) is 0 Å². The van der Waals surface area contributed by atoms with E-state index >= 15 is 0 Å². The summed E-state index contributed by atoms with van der Waals surface area (Å²) in [6.45, 7) is 0. The van der Waals surface area contributed by atoms with Gasteiger partial charge in [-0.2, -0.15) is 0 Å². The first-order valence-corrected chi connectivity index (χ1v) is 2.86. The zero-order valence-electron chi connectivity index (χ0n) is 6.14. The maximum atomic E-state index is 10.0. The van der Waals surface area contributed by atoms with Crippen molar-refractivity contribution in [2.75, 3.05) is 0 Å². The molecule has 6 heteroatoms. The van der Waals surface area contributed by atoms with Crippen molar-refractivity contribution in [3.8, 4) is 0 Å². The van der Waals surface area contributed by atoms with Crippen LogP contribution in [0.3, 0.4) is 0 Å². The number of allylic oxidation sites excluding steroid dienone is 1. The third-order valence-corrected chi connectivity index (χ3v) is 1.02. The molecule has 0 atom stereocenters. The van der Waals surface area contributed by atoms with Gasteiger partial charge in [0.05, 0.1) is 5.57 Å². The third kappa shape index (κ3) is 2.99. The van der Waals surface area contributed by atoms with Gasteiger partial charge in [-0.3, -0.25) is 0 Å². The Morgan fingerprint density at radius 2 is 1.62 bits per heavy atom. The van der Waals surface area contributed by atoms with Gasteiger partial charge < -0.3 is 15.3 Å². The van der Waals surface area contributed by atoms with E-state index in [9.17, 15) is 14.4 Å². The van der Waals surface area contributed by atoms with Gasteiger partial charge in [-0.05, 0) is 0 Å². The molecule has 0 aliphatic carbocycles. The molecule has 0 saturated heterocycles. The molecule has 0 rings (SSSR count). The fourth-order valence-corrected chi connectivity index (χ4v) is 0.516. The topological polar surface area (TPSA) is 112 Å². The highest BCUT2D eigenvalue weighted by atomic mass is 16.7. The van der Waals surface area contributed by atoms with Crippen molar-refractivity contribution in [3.05, 3.63) is 17.2 Å². The van der Waals surface area contributed by atoms with Crippen molar-refractivity contribution in [3.63, 3.8) is 0 Å². The quantitative estimate of drug-likeness (QED) is 0.254. The van der Waals surface area contributed by atoms with Crippen LogP contribution in [0.2, 0.25) is 0 Å². The number of aliphatic hydroxyl groups is 3. The highest BCUT2D eigenvalue weighted by molar-refractivity contribution is 5.79. The first-order chi connectivity index (χ1) is 5.97. The largest absolute Gasteiger partial charge is 0.339 e. The lowest BCUT2D eigenvalue weighted by Crippen LogP contribution is -2.31. The van der Waals surface area contributed by atoms with E-state index in [1.807, 2.05) is 0 Å². The van der Waals surface area contributed by atoms with Crippen molar-refractivity contribution in [1.82, 2.24) is 0 Å². The molecule has 6 nitrogen and oxygen atoms in total. The van der Waals surface area contributed by atoms with Crippen LogP contribution in [0.15, 0.2) is 17.2 Å². The third-order valence-electron chi connectivity index (χ3n) is 1.02. The zero-order valence-corrected chi connectivity index (χ0v) is 6.14. The molecule has 0 aliphatic rings. The second-order valence-electron chi connectivity index (χ2n) is 1.89. The van der Waals surface area contributed by atoms with Gasteiger partial charge in [0.2, 0.25) is 0 Å². The first-order valence-electron chi connectivity index (χ1n) is 2.86. The van der Waals surface area contributed by atoms with Gasteiger partial charge in [-0.25, -0.2) is 14.4 Å². The molecule has 68 valence electrons. The molecule has 13 heavy (non-hydrogen) atoms. The second-order valence-corrected chi connectivity index (χ2v) is 1.89. The van der Waals surface area contributed by atoms with Crippen LogP contribution in [0.5, 0.6) is 0 Å². The summed E-state index contributed by atoms with van der Waals surface area (Å²) in [6, 6.07) is 0. The SMILES string of the molecule is O=C=CC(=C=O)C(=C=O)C(O)(O)O. The molecule has 0 spiro atoms. The molecular formula is C7H4O6. The van der Waals surface area contributed by atoms with Crippen molar-refractivity contribution in [2.24, 2.45) is 0 Å². The minimum atomic E-state index is -3.53. The van der Waals surface area contributed by atoms with Gasteiger partial charge in [0.25, 0.3) is 0 Å². The van der Waals surface area contributed by atoms with E-state index in [4.69, 9.17) is 15.3 Å². The molecule has 0 amide bonds. The van der Waals surface area contributed by atoms with Crippen LogP contribution in [0, 0.1) is 0 Å². The second kappa shape index (κ2) is 4.30. The first kappa shape index (κ1) is 11.2.